The van der Waals surface area contributed by atoms with Crippen LogP contribution in [0.15, 0.2) is 0 Å². The van der Waals surface area contributed by atoms with Gasteiger partial charge in [0.15, 0.2) is 0 Å². The molecule has 2 aliphatic rings. The molecule has 0 aliphatic heterocycles. The van der Waals surface area contributed by atoms with E-state index in [1.54, 1.807) is 27.7 Å². The van der Waals surface area contributed by atoms with Gasteiger partial charge in [0, 0.05) is 6.54 Å². The number of hydrogen-bond donors (Lipinski definition) is 2. The molecule has 0 aromatic heterocycles. The lowest BCUT2D eigenvalue weighted by atomic mass is 9.71. The minimum absolute atomic E-state index is 0.00789. The van der Waals surface area contributed by atoms with Crippen molar-refractivity contribution in [3.63, 3.8) is 0 Å². The first kappa shape index (κ1) is 30.0. The first-order valence-electron chi connectivity index (χ1n) is 13.3. The highest BCUT2D eigenvalue weighted by atomic mass is 16.5. The van der Waals surface area contributed by atoms with Crippen molar-refractivity contribution in [2.45, 2.75) is 78.8 Å². The predicted molar refractivity (Wildman–Crippen MR) is 132 cm³/mol. The first-order valence-corrected chi connectivity index (χ1v) is 13.3. The fraction of sp³-hybridized carbons (Fsp3) is 0.846. The summed E-state index contributed by atoms with van der Waals surface area (Å²) in [5, 5.41) is 6.54. The van der Waals surface area contributed by atoms with Crippen LogP contribution in [0.5, 0.6) is 0 Å². The Hall–Kier alpha value is -2.20. The van der Waals surface area contributed by atoms with Crippen molar-refractivity contribution in [1.82, 2.24) is 10.6 Å². The van der Waals surface area contributed by atoms with E-state index >= 15 is 0 Å². The van der Waals surface area contributed by atoms with Gasteiger partial charge in [-0.25, -0.2) is 0 Å². The van der Waals surface area contributed by atoms with Crippen LogP contribution in [0.4, 0.5) is 0 Å². The molecular formula is C26H44N2O8. The maximum atomic E-state index is 12.4. The van der Waals surface area contributed by atoms with Gasteiger partial charge in [0.25, 0.3) is 0 Å². The van der Waals surface area contributed by atoms with Gasteiger partial charge in [0.05, 0.1) is 39.3 Å². The quantitative estimate of drug-likeness (QED) is 0.234. The van der Waals surface area contributed by atoms with Gasteiger partial charge < -0.3 is 29.6 Å². The fourth-order valence-electron chi connectivity index (χ4n) is 5.65. The Morgan fingerprint density at radius 1 is 0.778 bits per heavy atom. The molecule has 10 heteroatoms. The SMILES string of the molecule is CCOC(=O)CC(NCC1CC2CC1CC2(C)CNC(CC(=O)OCC)C(=O)OCC)C(=O)OCC. The van der Waals surface area contributed by atoms with Gasteiger partial charge in [-0.15, -0.1) is 0 Å². The van der Waals surface area contributed by atoms with Gasteiger partial charge in [-0.3, -0.25) is 19.2 Å². The third-order valence-corrected chi connectivity index (χ3v) is 7.43. The molecule has 2 saturated carbocycles. The molecule has 2 bridgehead atoms. The molecule has 2 N–H and O–H groups in total. The molecule has 0 radical (unpaired) electrons. The Balaban J connectivity index is 1.91. The van der Waals surface area contributed by atoms with Crippen LogP contribution >= 0.6 is 0 Å². The van der Waals surface area contributed by atoms with Crippen LogP contribution in [0.3, 0.4) is 0 Å². The molecule has 0 aromatic rings. The minimum atomic E-state index is -0.731. The molecule has 2 aliphatic carbocycles. The number of ether oxygens (including phenoxy) is 4. The number of fused-ring (bicyclic) bond motifs is 2. The summed E-state index contributed by atoms with van der Waals surface area (Å²) in [6, 6.07) is -1.45. The lowest BCUT2D eigenvalue weighted by molar-refractivity contribution is -0.152. The van der Waals surface area contributed by atoms with E-state index in [0.717, 1.165) is 19.3 Å². The van der Waals surface area contributed by atoms with Crippen LogP contribution in [-0.4, -0.2) is 75.5 Å². The molecule has 0 heterocycles. The zero-order valence-electron chi connectivity index (χ0n) is 22.4. The van der Waals surface area contributed by atoms with E-state index in [4.69, 9.17) is 18.9 Å². The van der Waals surface area contributed by atoms with E-state index < -0.39 is 36.0 Å². The summed E-state index contributed by atoms with van der Waals surface area (Å²) < 4.78 is 20.3. The Bertz CT molecular complexity index is 760. The molecule has 0 aromatic carbocycles. The van der Waals surface area contributed by atoms with Gasteiger partial charge in [-0.2, -0.15) is 0 Å². The lowest BCUT2D eigenvalue weighted by Crippen LogP contribution is -2.48. The van der Waals surface area contributed by atoms with Gasteiger partial charge in [0.1, 0.15) is 12.1 Å². The van der Waals surface area contributed by atoms with Gasteiger partial charge in [-0.1, -0.05) is 6.92 Å². The molecule has 0 spiro atoms. The molecule has 2 fully saturated rings. The van der Waals surface area contributed by atoms with Crippen LogP contribution in [-0.2, 0) is 38.1 Å². The molecule has 2 rings (SSSR count). The van der Waals surface area contributed by atoms with Crippen molar-refractivity contribution in [3.05, 3.63) is 0 Å². The average Bonchev–Trinajstić information content (AvgIpc) is 3.37. The summed E-state index contributed by atoms with van der Waals surface area (Å²) >= 11 is 0. The largest absolute Gasteiger partial charge is 0.466 e. The van der Waals surface area contributed by atoms with E-state index in [0.29, 0.717) is 30.8 Å². The Kier molecular flexibility index (Phi) is 12.1. The number of rotatable bonds is 16. The number of carbonyl (C=O) groups is 4. The normalized spacial score (nSPS) is 26.2. The second-order valence-corrected chi connectivity index (χ2v) is 9.96. The molecule has 6 atom stereocenters. The molecule has 206 valence electrons. The highest BCUT2D eigenvalue weighted by Crippen LogP contribution is 2.57. The molecule has 0 amide bonds. The summed E-state index contributed by atoms with van der Waals surface area (Å²) in [5.74, 6) is -0.396. The first-order chi connectivity index (χ1) is 17.2. The maximum absolute atomic E-state index is 12.4. The Labute approximate surface area is 214 Å². The predicted octanol–water partition coefficient (Wildman–Crippen LogP) is 1.99. The van der Waals surface area contributed by atoms with Gasteiger partial charge in [-0.05, 0) is 76.7 Å². The summed E-state index contributed by atoms with van der Waals surface area (Å²) in [7, 11) is 0. The zero-order valence-corrected chi connectivity index (χ0v) is 22.4. The smallest absolute Gasteiger partial charge is 0.323 e. The van der Waals surface area contributed by atoms with Crippen LogP contribution < -0.4 is 10.6 Å². The van der Waals surface area contributed by atoms with E-state index in [1.165, 1.54) is 0 Å². The molecule has 10 nitrogen and oxygen atoms in total. The van der Waals surface area contributed by atoms with Crippen LogP contribution in [0.2, 0.25) is 0 Å². The molecule has 0 saturated heterocycles. The van der Waals surface area contributed by atoms with Crippen molar-refractivity contribution in [3.8, 4) is 0 Å². The van der Waals surface area contributed by atoms with Crippen LogP contribution in [0, 0.1) is 23.2 Å². The highest BCUT2D eigenvalue weighted by Gasteiger charge is 2.52. The Morgan fingerprint density at radius 3 is 1.72 bits per heavy atom. The average molecular weight is 513 g/mol. The number of carbonyl (C=O) groups excluding carboxylic acids is 4. The van der Waals surface area contributed by atoms with E-state index in [-0.39, 0.29) is 44.7 Å². The summed E-state index contributed by atoms with van der Waals surface area (Å²) in [4.78, 5) is 48.7. The second kappa shape index (κ2) is 14.5. The monoisotopic (exact) mass is 512 g/mol. The van der Waals surface area contributed by atoms with E-state index in [9.17, 15) is 19.2 Å². The van der Waals surface area contributed by atoms with Crippen molar-refractivity contribution < 1.29 is 38.1 Å². The zero-order chi connectivity index (χ0) is 26.7. The number of hydrogen-bond acceptors (Lipinski definition) is 10. The third kappa shape index (κ3) is 8.44. The lowest BCUT2D eigenvalue weighted by Gasteiger charge is -2.38. The van der Waals surface area contributed by atoms with Gasteiger partial charge in [0.2, 0.25) is 0 Å². The second-order valence-electron chi connectivity index (χ2n) is 9.96. The molecule has 36 heavy (non-hydrogen) atoms. The van der Waals surface area contributed by atoms with Crippen molar-refractivity contribution in [2.75, 3.05) is 39.5 Å². The van der Waals surface area contributed by atoms with Crippen molar-refractivity contribution in [1.29, 1.82) is 0 Å². The minimum Gasteiger partial charge on any atom is -0.466 e. The summed E-state index contributed by atoms with van der Waals surface area (Å²) in [5.41, 5.74) is -0.00789. The molecular weight excluding hydrogens is 468 g/mol. The van der Waals surface area contributed by atoms with E-state index in [1.807, 2.05) is 0 Å². The standard InChI is InChI=1S/C26H44N2O8/c1-6-33-22(29)12-20(24(31)35-8-3)27-15-18-11-19-10-17(18)14-26(19,5)16-28-21(25(32)36-9-4)13-23(30)34-7-2/h17-21,27-28H,6-16H2,1-5H3. The number of esters is 4. The van der Waals surface area contributed by atoms with Crippen LogP contribution in [0.1, 0.15) is 66.7 Å². The number of nitrogens with one attached hydrogen (secondary N) is 2. The Morgan fingerprint density at radius 2 is 1.28 bits per heavy atom. The highest BCUT2D eigenvalue weighted by molar-refractivity contribution is 5.83. The molecule has 6 unspecified atom stereocenters. The van der Waals surface area contributed by atoms with E-state index in [2.05, 4.69) is 17.6 Å². The fourth-order valence-corrected chi connectivity index (χ4v) is 5.65. The van der Waals surface area contributed by atoms with Crippen molar-refractivity contribution in [2.24, 2.45) is 23.2 Å². The third-order valence-electron chi connectivity index (χ3n) is 7.43. The summed E-state index contributed by atoms with van der Waals surface area (Å²) in [6.45, 7) is 11.4. The summed E-state index contributed by atoms with van der Waals surface area (Å²) in [6.07, 6.45) is 2.94. The maximum Gasteiger partial charge on any atom is 0.323 e. The van der Waals surface area contributed by atoms with Crippen LogP contribution in [0.25, 0.3) is 0 Å². The van der Waals surface area contributed by atoms with Gasteiger partial charge >= 0.3 is 23.9 Å². The topological polar surface area (TPSA) is 129 Å². The van der Waals surface area contributed by atoms with Crippen molar-refractivity contribution >= 4 is 23.9 Å².